The highest BCUT2D eigenvalue weighted by molar-refractivity contribution is 7.16. The standard InChI is InChI=1S/C8H13N2PS/c1-5-6-2-3-10(11)4-7(6)12-8(5)9/h2-4,9,11H2,1H3. The number of fused-ring (bicyclic) bond motifs is 1. The van der Waals surface area contributed by atoms with E-state index in [2.05, 4.69) is 21.0 Å². The summed E-state index contributed by atoms with van der Waals surface area (Å²) in [7, 11) is 2.75. The molecule has 0 saturated heterocycles. The maximum atomic E-state index is 5.86. The van der Waals surface area contributed by atoms with E-state index in [1.165, 1.54) is 16.0 Å². The normalized spacial score (nSPS) is 17.8. The van der Waals surface area contributed by atoms with Crippen molar-refractivity contribution in [1.82, 2.24) is 4.67 Å². The van der Waals surface area contributed by atoms with Gasteiger partial charge in [0.2, 0.25) is 0 Å². The average molecular weight is 200 g/mol. The van der Waals surface area contributed by atoms with Gasteiger partial charge in [-0.15, -0.1) is 11.3 Å². The van der Waals surface area contributed by atoms with E-state index >= 15 is 0 Å². The summed E-state index contributed by atoms with van der Waals surface area (Å²) in [6, 6.07) is 0. The van der Waals surface area contributed by atoms with Gasteiger partial charge in [0.25, 0.3) is 0 Å². The van der Waals surface area contributed by atoms with Crippen LogP contribution < -0.4 is 5.73 Å². The van der Waals surface area contributed by atoms with Gasteiger partial charge >= 0.3 is 0 Å². The second-order valence-corrected chi connectivity index (χ2v) is 5.08. The van der Waals surface area contributed by atoms with E-state index < -0.39 is 0 Å². The summed E-state index contributed by atoms with van der Waals surface area (Å²) in [4.78, 5) is 1.45. The zero-order valence-electron chi connectivity index (χ0n) is 7.13. The molecule has 0 amide bonds. The van der Waals surface area contributed by atoms with Gasteiger partial charge in [-0.1, -0.05) is 9.39 Å². The fraction of sp³-hybridized carbons (Fsp3) is 0.500. The molecule has 1 atom stereocenters. The van der Waals surface area contributed by atoms with Crippen LogP contribution in [0.1, 0.15) is 16.0 Å². The zero-order chi connectivity index (χ0) is 8.72. The van der Waals surface area contributed by atoms with Crippen molar-refractivity contribution in [2.24, 2.45) is 0 Å². The van der Waals surface area contributed by atoms with Crippen LogP contribution >= 0.6 is 20.7 Å². The Balaban J connectivity index is 2.43. The number of rotatable bonds is 0. The Labute approximate surface area is 79.0 Å². The quantitative estimate of drug-likeness (QED) is 0.647. The topological polar surface area (TPSA) is 29.3 Å². The number of nitrogen functional groups attached to an aromatic ring is 1. The minimum absolute atomic E-state index is 1.00. The summed E-state index contributed by atoms with van der Waals surface area (Å²) in [6.07, 6.45) is 1.15. The van der Waals surface area contributed by atoms with E-state index in [0.717, 1.165) is 24.5 Å². The molecule has 2 nitrogen and oxygen atoms in total. The van der Waals surface area contributed by atoms with Gasteiger partial charge in [0.1, 0.15) is 0 Å². The first-order valence-corrected chi connectivity index (χ1v) is 5.38. The van der Waals surface area contributed by atoms with E-state index in [1.54, 1.807) is 11.3 Å². The van der Waals surface area contributed by atoms with Gasteiger partial charge < -0.3 is 5.73 Å². The first-order valence-electron chi connectivity index (χ1n) is 4.04. The molecule has 2 rings (SSSR count). The summed E-state index contributed by atoms with van der Waals surface area (Å²) < 4.78 is 2.26. The summed E-state index contributed by atoms with van der Waals surface area (Å²) in [5.41, 5.74) is 8.67. The summed E-state index contributed by atoms with van der Waals surface area (Å²) in [6.45, 7) is 4.31. The lowest BCUT2D eigenvalue weighted by atomic mass is 10.1. The molecular weight excluding hydrogens is 187 g/mol. The van der Waals surface area contributed by atoms with Crippen LogP contribution in [-0.2, 0) is 13.0 Å². The van der Waals surface area contributed by atoms with E-state index in [4.69, 9.17) is 5.73 Å². The SMILES string of the molecule is Cc1c(N)sc2c1CCN(P)C2. The van der Waals surface area contributed by atoms with Crippen LogP contribution in [0.5, 0.6) is 0 Å². The Morgan fingerprint density at radius 3 is 3.08 bits per heavy atom. The van der Waals surface area contributed by atoms with Gasteiger partial charge in [0.05, 0.1) is 5.00 Å². The second-order valence-electron chi connectivity index (χ2n) is 3.21. The number of nitrogens with zero attached hydrogens (tertiary/aromatic N) is 1. The Morgan fingerprint density at radius 2 is 2.33 bits per heavy atom. The fourth-order valence-electron chi connectivity index (χ4n) is 1.60. The van der Waals surface area contributed by atoms with Gasteiger partial charge in [0.15, 0.2) is 0 Å². The van der Waals surface area contributed by atoms with Crippen LogP contribution in [0.15, 0.2) is 0 Å². The van der Waals surface area contributed by atoms with Gasteiger partial charge in [-0.2, -0.15) is 0 Å². The smallest absolute Gasteiger partial charge is 0.0892 e. The maximum Gasteiger partial charge on any atom is 0.0892 e. The molecule has 0 radical (unpaired) electrons. The van der Waals surface area contributed by atoms with E-state index in [0.29, 0.717) is 0 Å². The van der Waals surface area contributed by atoms with Crippen LogP contribution in [0.4, 0.5) is 5.00 Å². The molecule has 1 aliphatic heterocycles. The minimum atomic E-state index is 1.00. The lowest BCUT2D eigenvalue weighted by molar-refractivity contribution is 0.449. The van der Waals surface area contributed by atoms with Crippen molar-refractivity contribution in [2.75, 3.05) is 12.3 Å². The lowest BCUT2D eigenvalue weighted by Gasteiger charge is -2.21. The molecule has 1 aromatic rings. The Bertz CT molecular complexity index is 308. The number of hydrogen-bond acceptors (Lipinski definition) is 3. The molecule has 1 aromatic heterocycles. The van der Waals surface area contributed by atoms with Gasteiger partial charge in [0, 0.05) is 18.0 Å². The first kappa shape index (κ1) is 8.49. The third-order valence-electron chi connectivity index (χ3n) is 2.39. The predicted molar refractivity (Wildman–Crippen MR) is 57.3 cm³/mol. The summed E-state index contributed by atoms with van der Waals surface area (Å²) in [5.74, 6) is 0. The molecule has 1 unspecified atom stereocenters. The molecular formula is C8H13N2PS. The third-order valence-corrected chi connectivity index (χ3v) is 3.98. The molecule has 0 saturated carbocycles. The van der Waals surface area contributed by atoms with Crippen LogP contribution in [0, 0.1) is 6.92 Å². The maximum absolute atomic E-state index is 5.86. The first-order chi connectivity index (χ1) is 5.68. The molecule has 12 heavy (non-hydrogen) atoms. The van der Waals surface area contributed by atoms with E-state index in [9.17, 15) is 0 Å². The molecule has 2 N–H and O–H groups in total. The van der Waals surface area contributed by atoms with Crippen molar-refractivity contribution in [1.29, 1.82) is 0 Å². The van der Waals surface area contributed by atoms with E-state index in [-0.39, 0.29) is 0 Å². The number of thiophene rings is 1. The fourth-order valence-corrected chi connectivity index (χ4v) is 3.20. The Kier molecular flexibility index (Phi) is 2.11. The third kappa shape index (κ3) is 1.26. The van der Waals surface area contributed by atoms with Crippen molar-refractivity contribution in [3.63, 3.8) is 0 Å². The van der Waals surface area contributed by atoms with Crippen LogP contribution in [0.2, 0.25) is 0 Å². The molecule has 2 heterocycles. The highest BCUT2D eigenvalue weighted by Crippen LogP contribution is 2.34. The highest BCUT2D eigenvalue weighted by Gasteiger charge is 2.18. The van der Waals surface area contributed by atoms with Crippen molar-refractivity contribution >= 4 is 25.7 Å². The number of anilines is 1. The Morgan fingerprint density at radius 1 is 1.58 bits per heavy atom. The number of nitrogens with two attached hydrogens (primary N) is 1. The molecule has 0 fully saturated rings. The molecule has 0 spiro atoms. The molecule has 66 valence electrons. The minimum Gasteiger partial charge on any atom is -0.390 e. The van der Waals surface area contributed by atoms with Crippen molar-refractivity contribution in [3.8, 4) is 0 Å². The van der Waals surface area contributed by atoms with Crippen LogP contribution in [0.25, 0.3) is 0 Å². The monoisotopic (exact) mass is 200 g/mol. The van der Waals surface area contributed by atoms with Crippen molar-refractivity contribution < 1.29 is 0 Å². The van der Waals surface area contributed by atoms with E-state index in [1.807, 2.05) is 0 Å². The zero-order valence-corrected chi connectivity index (χ0v) is 9.10. The lowest BCUT2D eigenvalue weighted by Crippen LogP contribution is -2.20. The molecule has 1 aliphatic rings. The molecule has 0 aromatic carbocycles. The number of hydrogen-bond donors (Lipinski definition) is 1. The van der Waals surface area contributed by atoms with Crippen LogP contribution in [-0.4, -0.2) is 11.2 Å². The second kappa shape index (κ2) is 2.99. The summed E-state index contributed by atoms with van der Waals surface area (Å²) >= 11 is 1.74. The van der Waals surface area contributed by atoms with Crippen LogP contribution in [0.3, 0.4) is 0 Å². The average Bonchev–Trinajstić information content (AvgIpc) is 2.28. The molecule has 4 heteroatoms. The summed E-state index contributed by atoms with van der Waals surface area (Å²) in [5, 5.41) is 1.00. The van der Waals surface area contributed by atoms with Crippen molar-refractivity contribution in [2.45, 2.75) is 19.9 Å². The highest BCUT2D eigenvalue weighted by atomic mass is 32.1. The van der Waals surface area contributed by atoms with Crippen molar-refractivity contribution in [3.05, 3.63) is 16.0 Å². The Hall–Kier alpha value is -0.110. The molecule has 0 aliphatic carbocycles. The van der Waals surface area contributed by atoms with Gasteiger partial charge in [-0.3, -0.25) is 4.67 Å². The van der Waals surface area contributed by atoms with Gasteiger partial charge in [-0.05, 0) is 24.5 Å². The largest absolute Gasteiger partial charge is 0.390 e. The molecule has 0 bridgehead atoms. The predicted octanol–water partition coefficient (Wildman–Crippen LogP) is 1.79. The van der Waals surface area contributed by atoms with Gasteiger partial charge in [-0.25, -0.2) is 0 Å².